The van der Waals surface area contributed by atoms with Crippen molar-refractivity contribution in [3.05, 3.63) is 0 Å². The smallest absolute Gasteiger partial charge is 0.222 e. The third kappa shape index (κ3) is 28.7. The number of nitrogens with zero attached hydrogens (tertiary/aromatic N) is 1. The van der Waals surface area contributed by atoms with E-state index in [2.05, 4.69) is 13.8 Å². The van der Waals surface area contributed by atoms with Crippen LogP contribution < -0.4 is 5.73 Å². The third-order valence-electron chi connectivity index (χ3n) is 2.72. The average Bonchev–Trinajstić information content (AvgIpc) is 2.36. The molecule has 0 fully saturated rings. The van der Waals surface area contributed by atoms with Gasteiger partial charge in [-0.15, -0.1) is 0 Å². The molecule has 24 heavy (non-hydrogen) atoms. The number of carbonyl (C=O) groups is 3. The number of amides is 2. The summed E-state index contributed by atoms with van der Waals surface area (Å²) in [5.74, 6) is 1.78. The van der Waals surface area contributed by atoms with E-state index in [0.717, 1.165) is 6.42 Å². The van der Waals surface area contributed by atoms with Crippen molar-refractivity contribution in [1.82, 2.24) is 4.90 Å². The number of carbonyl (C=O) groups excluding carboxylic acids is 3. The second-order valence-corrected chi connectivity index (χ2v) is 7.44. The number of hydrogen-bond donors (Lipinski definition) is 1. The highest BCUT2D eigenvalue weighted by atomic mass is 16.2. The molecule has 0 aliphatic heterocycles. The largest absolute Gasteiger partial charge is 0.370 e. The van der Waals surface area contributed by atoms with Crippen molar-refractivity contribution in [2.75, 3.05) is 14.1 Å². The molecule has 0 aliphatic rings. The molecule has 0 aromatic carbocycles. The van der Waals surface area contributed by atoms with E-state index in [4.69, 9.17) is 5.73 Å². The normalized spacial score (nSPS) is 9.83. The lowest BCUT2D eigenvalue weighted by molar-refractivity contribution is -0.129. The van der Waals surface area contributed by atoms with Crippen LogP contribution in [-0.2, 0) is 14.4 Å². The molecule has 0 saturated heterocycles. The van der Waals surface area contributed by atoms with E-state index in [-0.39, 0.29) is 11.8 Å². The minimum absolute atomic E-state index is 0.213. The fraction of sp³-hybridized carbons (Fsp3) is 0.842. The lowest BCUT2D eigenvalue weighted by Gasteiger charge is -2.10. The second-order valence-electron chi connectivity index (χ2n) is 7.44. The van der Waals surface area contributed by atoms with Gasteiger partial charge in [0.1, 0.15) is 5.78 Å². The summed E-state index contributed by atoms with van der Waals surface area (Å²) in [6.45, 7) is 14.0. The molecule has 0 rings (SSSR count). The number of rotatable bonds is 7. The van der Waals surface area contributed by atoms with Gasteiger partial charge < -0.3 is 10.6 Å². The maximum absolute atomic E-state index is 10.9. The first-order chi connectivity index (χ1) is 10.8. The van der Waals surface area contributed by atoms with Crippen molar-refractivity contribution in [3.63, 3.8) is 0 Å². The van der Waals surface area contributed by atoms with Gasteiger partial charge in [-0.1, -0.05) is 48.5 Å². The monoisotopic (exact) mass is 344 g/mol. The van der Waals surface area contributed by atoms with Crippen molar-refractivity contribution in [1.29, 1.82) is 0 Å². The van der Waals surface area contributed by atoms with Crippen LogP contribution in [0.1, 0.15) is 74.1 Å². The van der Waals surface area contributed by atoms with Crippen LogP contribution >= 0.6 is 0 Å². The minimum Gasteiger partial charge on any atom is -0.370 e. The molecule has 144 valence electrons. The highest BCUT2D eigenvalue weighted by Gasteiger charge is 2.05. The number of primary amides is 1. The Kier molecular flexibility index (Phi) is 18.8. The predicted octanol–water partition coefficient (Wildman–Crippen LogP) is 3.65. The molecular formula is C19H40N2O3. The maximum Gasteiger partial charge on any atom is 0.222 e. The SMILES string of the molecule is CC(C)CC(=O)N(C)C.CC(C)CC(N)=O.CCC(=O)CC(C)C. The maximum atomic E-state index is 10.9. The van der Waals surface area contributed by atoms with Crippen molar-refractivity contribution in [2.24, 2.45) is 23.5 Å². The fourth-order valence-corrected chi connectivity index (χ4v) is 1.53. The van der Waals surface area contributed by atoms with Crippen LogP contribution in [-0.4, -0.2) is 36.6 Å². The van der Waals surface area contributed by atoms with Crippen molar-refractivity contribution in [2.45, 2.75) is 74.1 Å². The van der Waals surface area contributed by atoms with Gasteiger partial charge in [0.25, 0.3) is 0 Å². The molecule has 0 saturated carbocycles. The van der Waals surface area contributed by atoms with Crippen LogP contribution in [0.15, 0.2) is 0 Å². The van der Waals surface area contributed by atoms with Gasteiger partial charge in [0.05, 0.1) is 0 Å². The van der Waals surface area contributed by atoms with Crippen LogP contribution in [0.3, 0.4) is 0 Å². The number of Topliss-reactive ketones (excluding diaryl/α,β-unsaturated/α-hetero) is 1. The lowest BCUT2D eigenvalue weighted by Crippen LogP contribution is -2.22. The highest BCUT2D eigenvalue weighted by molar-refractivity contribution is 5.78. The zero-order valence-electron chi connectivity index (χ0n) is 17.3. The molecule has 5 heteroatoms. The first kappa shape index (κ1) is 27.5. The van der Waals surface area contributed by atoms with E-state index in [9.17, 15) is 14.4 Å². The summed E-state index contributed by atoms with van der Waals surface area (Å²) in [4.78, 5) is 33.2. The van der Waals surface area contributed by atoms with Crippen molar-refractivity contribution in [3.8, 4) is 0 Å². The molecule has 0 aliphatic carbocycles. The van der Waals surface area contributed by atoms with Crippen LogP contribution in [0, 0.1) is 17.8 Å². The van der Waals surface area contributed by atoms with Gasteiger partial charge in [-0.3, -0.25) is 14.4 Å². The van der Waals surface area contributed by atoms with Gasteiger partial charge in [0.15, 0.2) is 0 Å². The Hall–Kier alpha value is -1.39. The molecule has 0 atom stereocenters. The minimum atomic E-state index is -0.213. The summed E-state index contributed by atoms with van der Waals surface area (Å²) in [7, 11) is 3.56. The molecule has 2 amide bonds. The molecule has 0 radical (unpaired) electrons. The Bertz CT molecular complexity index is 349. The van der Waals surface area contributed by atoms with E-state index in [1.165, 1.54) is 0 Å². The highest BCUT2D eigenvalue weighted by Crippen LogP contribution is 2.01. The molecule has 0 aromatic rings. The first-order valence-electron chi connectivity index (χ1n) is 8.83. The molecule has 5 nitrogen and oxygen atoms in total. The summed E-state index contributed by atoms with van der Waals surface area (Å²) in [6, 6.07) is 0. The molecule has 0 heterocycles. The summed E-state index contributed by atoms with van der Waals surface area (Å²) in [6.07, 6.45) is 2.60. The molecule has 0 aromatic heterocycles. The molecule has 0 spiro atoms. The predicted molar refractivity (Wildman–Crippen MR) is 102 cm³/mol. The Morgan fingerprint density at radius 1 is 0.792 bits per heavy atom. The summed E-state index contributed by atoms with van der Waals surface area (Å²) < 4.78 is 0. The van der Waals surface area contributed by atoms with Gasteiger partial charge in [0.2, 0.25) is 11.8 Å². The number of ketones is 1. The Morgan fingerprint density at radius 2 is 1.17 bits per heavy atom. The zero-order valence-corrected chi connectivity index (χ0v) is 17.3. The van der Waals surface area contributed by atoms with Gasteiger partial charge in [-0.05, 0) is 17.8 Å². The lowest BCUT2D eigenvalue weighted by atomic mass is 10.1. The Balaban J connectivity index is -0.000000278. The summed E-state index contributed by atoms with van der Waals surface area (Å²) in [5, 5.41) is 0. The van der Waals surface area contributed by atoms with Gasteiger partial charge in [-0.25, -0.2) is 0 Å². The zero-order chi connectivity index (χ0) is 19.9. The molecule has 2 N–H and O–H groups in total. The van der Waals surface area contributed by atoms with E-state index in [1.807, 2.05) is 34.6 Å². The quantitative estimate of drug-likeness (QED) is 0.765. The van der Waals surface area contributed by atoms with Crippen LogP contribution in [0.4, 0.5) is 0 Å². The molecular weight excluding hydrogens is 304 g/mol. The van der Waals surface area contributed by atoms with E-state index in [0.29, 0.717) is 42.8 Å². The molecule has 0 unspecified atom stereocenters. The van der Waals surface area contributed by atoms with Crippen molar-refractivity contribution < 1.29 is 14.4 Å². The fourth-order valence-electron chi connectivity index (χ4n) is 1.53. The van der Waals surface area contributed by atoms with Gasteiger partial charge >= 0.3 is 0 Å². The van der Waals surface area contributed by atoms with E-state index < -0.39 is 0 Å². The first-order valence-corrected chi connectivity index (χ1v) is 8.83. The van der Waals surface area contributed by atoms with Gasteiger partial charge in [0, 0.05) is 39.8 Å². The van der Waals surface area contributed by atoms with Crippen LogP contribution in [0.25, 0.3) is 0 Å². The van der Waals surface area contributed by atoms with Gasteiger partial charge in [-0.2, -0.15) is 0 Å². The standard InChI is InChI=1S/C7H15NO.C7H14O.C5H11NO/c1-6(2)5-7(9)8(3)4;1-4-7(8)5-6(2)3;1-4(2)3-5(6)7/h6H,5H2,1-4H3;6H,4-5H2,1-3H3;4H,3H2,1-2H3,(H2,6,7). The molecule has 0 bridgehead atoms. The van der Waals surface area contributed by atoms with E-state index in [1.54, 1.807) is 19.0 Å². The van der Waals surface area contributed by atoms with E-state index >= 15 is 0 Å². The number of hydrogen-bond acceptors (Lipinski definition) is 3. The second kappa shape index (κ2) is 16.5. The van der Waals surface area contributed by atoms with Crippen molar-refractivity contribution >= 4 is 17.6 Å². The summed E-state index contributed by atoms with van der Waals surface area (Å²) in [5.41, 5.74) is 4.85. The third-order valence-corrected chi connectivity index (χ3v) is 2.72. The Morgan fingerprint density at radius 3 is 1.25 bits per heavy atom. The Labute approximate surface area is 149 Å². The van der Waals surface area contributed by atoms with Crippen LogP contribution in [0.2, 0.25) is 0 Å². The summed E-state index contributed by atoms with van der Waals surface area (Å²) >= 11 is 0. The average molecular weight is 345 g/mol. The van der Waals surface area contributed by atoms with Crippen LogP contribution in [0.5, 0.6) is 0 Å². The topological polar surface area (TPSA) is 80.5 Å². The number of nitrogens with two attached hydrogens (primary N) is 1.